The molecule has 0 saturated carbocycles. The van der Waals surface area contributed by atoms with E-state index in [2.05, 4.69) is 32.7 Å². The number of benzene rings is 1. The van der Waals surface area contributed by atoms with Gasteiger partial charge in [0.25, 0.3) is 0 Å². The third-order valence-corrected chi connectivity index (χ3v) is 4.57. The van der Waals surface area contributed by atoms with Gasteiger partial charge in [0.2, 0.25) is 5.91 Å². The minimum absolute atomic E-state index is 0.0593. The van der Waals surface area contributed by atoms with Gasteiger partial charge >= 0.3 is 0 Å². The predicted octanol–water partition coefficient (Wildman–Crippen LogP) is 2.48. The van der Waals surface area contributed by atoms with Crippen molar-refractivity contribution in [3.05, 3.63) is 59.8 Å². The zero-order chi connectivity index (χ0) is 17.5. The number of nitrogens with zero attached hydrogens (tertiary/aromatic N) is 2. The Kier molecular flexibility index (Phi) is 6.01. The molecule has 3 rings (SSSR count). The summed E-state index contributed by atoms with van der Waals surface area (Å²) in [7, 11) is 2.03. The van der Waals surface area contributed by atoms with E-state index in [0.717, 1.165) is 43.7 Å². The average molecular weight is 338 g/mol. The van der Waals surface area contributed by atoms with Crippen LogP contribution in [0.15, 0.2) is 48.7 Å². The van der Waals surface area contributed by atoms with E-state index in [-0.39, 0.29) is 11.9 Å². The third kappa shape index (κ3) is 4.79. The van der Waals surface area contributed by atoms with Gasteiger partial charge in [0.05, 0.1) is 6.04 Å². The Labute approximate surface area is 149 Å². The lowest BCUT2D eigenvalue weighted by Gasteiger charge is -2.24. The lowest BCUT2D eigenvalue weighted by Crippen LogP contribution is -2.46. The van der Waals surface area contributed by atoms with Gasteiger partial charge in [-0.2, -0.15) is 0 Å². The van der Waals surface area contributed by atoms with Gasteiger partial charge in [-0.3, -0.25) is 4.79 Å². The Balaban J connectivity index is 1.63. The molecule has 2 N–H and O–H groups in total. The molecule has 1 amide bonds. The Bertz CT molecular complexity index is 683. The number of carbonyl (C=O) groups is 1. The van der Waals surface area contributed by atoms with Gasteiger partial charge in [-0.15, -0.1) is 0 Å². The molecule has 1 atom stereocenters. The normalized spacial score (nSPS) is 17.1. The fourth-order valence-corrected chi connectivity index (χ4v) is 3.23. The number of carbonyl (C=O) groups excluding carboxylic acids is 1. The highest BCUT2D eigenvalue weighted by Gasteiger charge is 2.20. The van der Waals surface area contributed by atoms with Gasteiger partial charge < -0.3 is 15.5 Å². The number of pyridine rings is 1. The quantitative estimate of drug-likeness (QED) is 0.850. The predicted molar refractivity (Wildman–Crippen MR) is 100 cm³/mol. The summed E-state index contributed by atoms with van der Waals surface area (Å²) >= 11 is 0. The lowest BCUT2D eigenvalue weighted by atomic mass is 10.0. The zero-order valence-corrected chi connectivity index (χ0v) is 14.7. The minimum Gasteiger partial charge on any atom is -0.355 e. The Morgan fingerprint density at radius 2 is 2.08 bits per heavy atom. The summed E-state index contributed by atoms with van der Waals surface area (Å²) in [5.74, 6) is 0.989. The number of aromatic nitrogens is 1. The summed E-state index contributed by atoms with van der Waals surface area (Å²) in [5, 5.41) is 6.35. The summed E-state index contributed by atoms with van der Waals surface area (Å²) in [4.78, 5) is 19.0. The second-order valence-corrected chi connectivity index (χ2v) is 6.55. The first kappa shape index (κ1) is 17.4. The van der Waals surface area contributed by atoms with Crippen LogP contribution in [0.25, 0.3) is 0 Å². The Hall–Kier alpha value is -2.40. The highest BCUT2D eigenvalue weighted by molar-refractivity contribution is 5.81. The van der Waals surface area contributed by atoms with Crippen LogP contribution in [0.1, 0.15) is 30.4 Å². The third-order valence-electron chi connectivity index (χ3n) is 4.57. The molecule has 5 heteroatoms. The molecule has 5 nitrogen and oxygen atoms in total. The van der Waals surface area contributed by atoms with E-state index in [9.17, 15) is 4.79 Å². The van der Waals surface area contributed by atoms with E-state index >= 15 is 0 Å². The monoisotopic (exact) mass is 338 g/mol. The molecule has 0 spiro atoms. The van der Waals surface area contributed by atoms with Crippen molar-refractivity contribution in [1.29, 1.82) is 0 Å². The van der Waals surface area contributed by atoms with Crippen molar-refractivity contribution < 1.29 is 4.79 Å². The summed E-state index contributed by atoms with van der Waals surface area (Å²) in [6, 6.07) is 14.2. The van der Waals surface area contributed by atoms with Gasteiger partial charge in [0, 0.05) is 31.9 Å². The second-order valence-electron chi connectivity index (χ2n) is 6.55. The first-order valence-electron chi connectivity index (χ1n) is 8.94. The van der Waals surface area contributed by atoms with Gasteiger partial charge in [-0.25, -0.2) is 4.98 Å². The van der Waals surface area contributed by atoms with Crippen LogP contribution >= 0.6 is 0 Å². The van der Waals surface area contributed by atoms with Crippen molar-refractivity contribution in [1.82, 2.24) is 15.6 Å². The molecule has 1 saturated heterocycles. The lowest BCUT2D eigenvalue weighted by molar-refractivity contribution is -0.123. The van der Waals surface area contributed by atoms with Gasteiger partial charge in [0.1, 0.15) is 5.82 Å². The molecule has 0 bridgehead atoms. The van der Waals surface area contributed by atoms with Crippen molar-refractivity contribution in [3.63, 3.8) is 0 Å². The van der Waals surface area contributed by atoms with Crippen molar-refractivity contribution in [2.45, 2.75) is 38.4 Å². The maximum absolute atomic E-state index is 12.3. The molecule has 0 unspecified atom stereocenters. The number of rotatable bonds is 6. The van der Waals surface area contributed by atoms with E-state index in [1.54, 1.807) is 6.20 Å². The van der Waals surface area contributed by atoms with E-state index in [0.29, 0.717) is 6.54 Å². The standard InChI is InChI=1S/C20H26N4O/c1-24(15-16-8-3-2-4-9-16)19-17(10-7-13-22-19)14-23-20(25)18-11-5-6-12-21-18/h2-4,7-10,13,18,21H,5-6,11-12,14-15H2,1H3,(H,23,25)/t18-/m0/s1. The van der Waals surface area contributed by atoms with Crippen molar-refractivity contribution in [3.8, 4) is 0 Å². The molecule has 25 heavy (non-hydrogen) atoms. The van der Waals surface area contributed by atoms with Crippen molar-refractivity contribution in [2.75, 3.05) is 18.5 Å². The fourth-order valence-electron chi connectivity index (χ4n) is 3.23. The zero-order valence-electron chi connectivity index (χ0n) is 14.7. The van der Waals surface area contributed by atoms with Crippen LogP contribution in [0.4, 0.5) is 5.82 Å². The molecule has 2 heterocycles. The topological polar surface area (TPSA) is 57.3 Å². The molecule has 1 fully saturated rings. The highest BCUT2D eigenvalue weighted by atomic mass is 16.2. The average Bonchev–Trinajstić information content (AvgIpc) is 2.68. The van der Waals surface area contributed by atoms with Crippen molar-refractivity contribution >= 4 is 11.7 Å². The van der Waals surface area contributed by atoms with Gasteiger partial charge in [-0.1, -0.05) is 42.8 Å². The number of hydrogen-bond acceptors (Lipinski definition) is 4. The van der Waals surface area contributed by atoms with Crippen LogP contribution in [0.3, 0.4) is 0 Å². The molecule has 0 radical (unpaired) electrons. The van der Waals surface area contributed by atoms with Gasteiger partial charge in [-0.05, 0) is 31.0 Å². The van der Waals surface area contributed by atoms with Crippen molar-refractivity contribution in [2.24, 2.45) is 0 Å². The number of amides is 1. The molecule has 1 aromatic heterocycles. The van der Waals surface area contributed by atoms with Crippen LogP contribution in [0.2, 0.25) is 0 Å². The number of anilines is 1. The summed E-state index contributed by atoms with van der Waals surface area (Å²) in [6.45, 7) is 2.21. The van der Waals surface area contributed by atoms with E-state index in [4.69, 9.17) is 0 Å². The highest BCUT2D eigenvalue weighted by Crippen LogP contribution is 2.18. The number of nitrogens with one attached hydrogen (secondary N) is 2. The van der Waals surface area contributed by atoms with E-state index < -0.39 is 0 Å². The van der Waals surface area contributed by atoms with Crippen LogP contribution in [0, 0.1) is 0 Å². The Morgan fingerprint density at radius 3 is 2.84 bits per heavy atom. The molecule has 0 aliphatic carbocycles. The fraction of sp³-hybridized carbons (Fsp3) is 0.400. The van der Waals surface area contributed by atoms with E-state index in [1.807, 2.05) is 37.4 Å². The summed E-state index contributed by atoms with van der Waals surface area (Å²) in [5.41, 5.74) is 2.27. The first-order chi connectivity index (χ1) is 12.2. The van der Waals surface area contributed by atoms with Crippen LogP contribution < -0.4 is 15.5 Å². The number of hydrogen-bond donors (Lipinski definition) is 2. The SMILES string of the molecule is CN(Cc1ccccc1)c1ncccc1CNC(=O)[C@@H]1CCCCN1. The molecular formula is C20H26N4O. The molecule has 2 aromatic rings. The molecule has 1 aliphatic heterocycles. The van der Waals surface area contributed by atoms with E-state index in [1.165, 1.54) is 5.56 Å². The summed E-state index contributed by atoms with van der Waals surface area (Å²) < 4.78 is 0. The second kappa shape index (κ2) is 8.62. The van der Waals surface area contributed by atoms with Crippen LogP contribution in [-0.2, 0) is 17.9 Å². The summed E-state index contributed by atoms with van der Waals surface area (Å²) in [6.07, 6.45) is 4.98. The minimum atomic E-state index is -0.0593. The Morgan fingerprint density at radius 1 is 1.24 bits per heavy atom. The smallest absolute Gasteiger partial charge is 0.237 e. The molecule has 1 aromatic carbocycles. The largest absolute Gasteiger partial charge is 0.355 e. The maximum Gasteiger partial charge on any atom is 0.237 e. The molecule has 132 valence electrons. The van der Waals surface area contributed by atoms with Crippen LogP contribution in [0.5, 0.6) is 0 Å². The molecular weight excluding hydrogens is 312 g/mol. The van der Waals surface area contributed by atoms with Gasteiger partial charge in [0.15, 0.2) is 0 Å². The maximum atomic E-state index is 12.3. The first-order valence-corrected chi connectivity index (χ1v) is 8.94. The number of piperidine rings is 1. The van der Waals surface area contributed by atoms with Crippen LogP contribution in [-0.4, -0.2) is 30.5 Å². The molecule has 1 aliphatic rings.